The molecule has 1 N–H and O–H groups in total. The summed E-state index contributed by atoms with van der Waals surface area (Å²) >= 11 is 0. The van der Waals surface area contributed by atoms with Gasteiger partial charge in [0.15, 0.2) is 0 Å². The van der Waals surface area contributed by atoms with E-state index in [0.717, 1.165) is 11.4 Å². The molecule has 0 aliphatic heterocycles. The zero-order chi connectivity index (χ0) is 16.3. The number of ether oxygens (including phenoxy) is 1. The Morgan fingerprint density at radius 2 is 2.09 bits per heavy atom. The van der Waals surface area contributed by atoms with E-state index < -0.39 is 4.92 Å². The molecule has 8 heteroatoms. The second kappa shape index (κ2) is 6.52. The molecule has 2 heterocycles. The Labute approximate surface area is 127 Å². The SMILES string of the molecule is Cc1ccc(-n2nc(OCCCO)c([N+](=O)[O-])c2C)c(C)n1. The number of aryl methyl sites for hydroxylation is 2. The first-order valence-electron chi connectivity index (χ1n) is 6.88. The van der Waals surface area contributed by atoms with Crippen molar-refractivity contribution in [2.45, 2.75) is 27.2 Å². The van der Waals surface area contributed by atoms with Crippen molar-refractivity contribution in [2.75, 3.05) is 13.2 Å². The van der Waals surface area contributed by atoms with Crippen molar-refractivity contribution < 1.29 is 14.8 Å². The highest BCUT2D eigenvalue weighted by atomic mass is 16.6. The van der Waals surface area contributed by atoms with Crippen LogP contribution in [0.4, 0.5) is 5.69 Å². The fraction of sp³-hybridized carbons (Fsp3) is 0.429. The van der Waals surface area contributed by atoms with Gasteiger partial charge < -0.3 is 9.84 Å². The third-order valence-electron chi connectivity index (χ3n) is 3.20. The standard InChI is InChI=1S/C14H18N4O4/c1-9-5-6-12(10(2)15-9)17-11(3)13(18(20)21)14(16-17)22-8-4-7-19/h5-6,19H,4,7-8H2,1-3H3. The Balaban J connectivity index is 2.48. The first-order valence-corrected chi connectivity index (χ1v) is 6.88. The van der Waals surface area contributed by atoms with Crippen LogP contribution in [0.2, 0.25) is 0 Å². The maximum atomic E-state index is 11.3. The lowest BCUT2D eigenvalue weighted by molar-refractivity contribution is -0.386. The highest BCUT2D eigenvalue weighted by Crippen LogP contribution is 2.32. The van der Waals surface area contributed by atoms with E-state index >= 15 is 0 Å². The fourth-order valence-electron chi connectivity index (χ4n) is 2.15. The molecule has 2 aromatic rings. The van der Waals surface area contributed by atoms with Gasteiger partial charge >= 0.3 is 11.6 Å². The summed E-state index contributed by atoms with van der Waals surface area (Å²) in [5.41, 5.74) is 2.46. The van der Waals surface area contributed by atoms with Gasteiger partial charge in [-0.25, -0.2) is 4.68 Å². The smallest absolute Gasteiger partial charge is 0.353 e. The quantitative estimate of drug-likeness (QED) is 0.496. The van der Waals surface area contributed by atoms with Gasteiger partial charge in [0, 0.05) is 18.7 Å². The molecule has 0 unspecified atom stereocenters. The van der Waals surface area contributed by atoms with Crippen LogP contribution in [0, 0.1) is 30.9 Å². The van der Waals surface area contributed by atoms with Crippen molar-refractivity contribution in [3.05, 3.63) is 39.3 Å². The average molecular weight is 306 g/mol. The lowest BCUT2D eigenvalue weighted by Crippen LogP contribution is -2.04. The number of nitro groups is 1. The van der Waals surface area contributed by atoms with Gasteiger partial charge in [-0.15, -0.1) is 5.10 Å². The second-order valence-electron chi connectivity index (χ2n) is 4.89. The number of nitrogens with zero attached hydrogens (tertiary/aromatic N) is 4. The summed E-state index contributed by atoms with van der Waals surface area (Å²) in [6.07, 6.45) is 0.383. The molecule has 8 nitrogen and oxygen atoms in total. The van der Waals surface area contributed by atoms with Crippen LogP contribution in [0.1, 0.15) is 23.5 Å². The average Bonchev–Trinajstić information content (AvgIpc) is 2.76. The van der Waals surface area contributed by atoms with Crippen molar-refractivity contribution in [2.24, 2.45) is 0 Å². The second-order valence-corrected chi connectivity index (χ2v) is 4.89. The van der Waals surface area contributed by atoms with Crippen LogP contribution in [0.5, 0.6) is 5.88 Å². The Bertz CT molecular complexity index is 696. The maximum Gasteiger partial charge on any atom is 0.353 e. The summed E-state index contributed by atoms with van der Waals surface area (Å²) in [6, 6.07) is 3.64. The summed E-state index contributed by atoms with van der Waals surface area (Å²) in [7, 11) is 0. The molecule has 0 aliphatic rings. The molecule has 0 fully saturated rings. The summed E-state index contributed by atoms with van der Waals surface area (Å²) < 4.78 is 6.80. The van der Waals surface area contributed by atoms with E-state index in [9.17, 15) is 10.1 Å². The Morgan fingerprint density at radius 1 is 1.36 bits per heavy atom. The van der Waals surface area contributed by atoms with Gasteiger partial charge in [0.05, 0.1) is 22.9 Å². The molecule has 0 spiro atoms. The van der Waals surface area contributed by atoms with Gasteiger partial charge in [-0.2, -0.15) is 0 Å². The molecule has 0 saturated heterocycles. The van der Waals surface area contributed by atoms with E-state index in [4.69, 9.17) is 9.84 Å². The first-order chi connectivity index (χ1) is 10.5. The fourth-order valence-corrected chi connectivity index (χ4v) is 2.15. The minimum atomic E-state index is -0.510. The first kappa shape index (κ1) is 15.9. The van der Waals surface area contributed by atoms with Crippen molar-refractivity contribution >= 4 is 5.69 Å². The minimum Gasteiger partial charge on any atom is -0.472 e. The molecule has 0 atom stereocenters. The number of pyridine rings is 1. The number of aromatic nitrogens is 3. The summed E-state index contributed by atoms with van der Waals surface area (Å²) in [5, 5.41) is 24.2. The van der Waals surface area contributed by atoms with E-state index in [1.165, 1.54) is 4.68 Å². The lowest BCUT2D eigenvalue weighted by atomic mass is 10.2. The molecular weight excluding hydrogens is 288 g/mol. The Morgan fingerprint density at radius 3 is 2.68 bits per heavy atom. The number of hydrogen-bond donors (Lipinski definition) is 1. The van der Waals surface area contributed by atoms with Gasteiger partial charge in [0.2, 0.25) is 0 Å². The van der Waals surface area contributed by atoms with Crippen molar-refractivity contribution in [3.63, 3.8) is 0 Å². The van der Waals surface area contributed by atoms with E-state index in [1.807, 2.05) is 26.0 Å². The summed E-state index contributed by atoms with van der Waals surface area (Å²) in [6.45, 7) is 5.43. The number of aliphatic hydroxyl groups excluding tert-OH is 1. The van der Waals surface area contributed by atoms with Crippen molar-refractivity contribution in [1.82, 2.24) is 14.8 Å². The van der Waals surface area contributed by atoms with Crippen molar-refractivity contribution in [1.29, 1.82) is 0 Å². The molecule has 0 aromatic carbocycles. The van der Waals surface area contributed by atoms with Crippen LogP contribution in [-0.4, -0.2) is 38.0 Å². The summed E-state index contributed by atoms with van der Waals surface area (Å²) in [5.74, 6) is -0.0454. The predicted octanol–water partition coefficient (Wildman–Crippen LogP) is 1.86. The van der Waals surface area contributed by atoms with Crippen LogP contribution in [0.25, 0.3) is 5.69 Å². The zero-order valence-corrected chi connectivity index (χ0v) is 12.7. The molecule has 118 valence electrons. The number of rotatable bonds is 6. The molecule has 0 bridgehead atoms. The third kappa shape index (κ3) is 3.06. The Kier molecular flexibility index (Phi) is 4.71. The highest BCUT2D eigenvalue weighted by Gasteiger charge is 2.27. The largest absolute Gasteiger partial charge is 0.472 e. The molecule has 0 amide bonds. The zero-order valence-electron chi connectivity index (χ0n) is 12.7. The molecule has 0 saturated carbocycles. The third-order valence-corrected chi connectivity index (χ3v) is 3.20. The molecule has 22 heavy (non-hydrogen) atoms. The van der Waals surface area contributed by atoms with E-state index in [2.05, 4.69) is 10.1 Å². The van der Waals surface area contributed by atoms with Crippen LogP contribution >= 0.6 is 0 Å². The number of aliphatic hydroxyl groups is 1. The molecule has 2 rings (SSSR count). The van der Waals surface area contributed by atoms with E-state index in [1.54, 1.807) is 6.92 Å². The van der Waals surface area contributed by atoms with Gasteiger partial charge in [0.25, 0.3) is 0 Å². The normalized spacial score (nSPS) is 10.7. The van der Waals surface area contributed by atoms with Gasteiger partial charge in [0.1, 0.15) is 5.69 Å². The molecule has 2 aromatic heterocycles. The minimum absolute atomic E-state index is 0.0454. The molecule has 0 radical (unpaired) electrons. The number of hydrogen-bond acceptors (Lipinski definition) is 6. The maximum absolute atomic E-state index is 11.3. The molecular formula is C14H18N4O4. The van der Waals surface area contributed by atoms with Crippen LogP contribution in [0.3, 0.4) is 0 Å². The van der Waals surface area contributed by atoms with Gasteiger partial charge in [-0.1, -0.05) is 0 Å². The lowest BCUT2D eigenvalue weighted by Gasteiger charge is -2.07. The molecule has 0 aliphatic carbocycles. The van der Waals surface area contributed by atoms with Crippen LogP contribution in [-0.2, 0) is 0 Å². The topological polar surface area (TPSA) is 103 Å². The van der Waals surface area contributed by atoms with E-state index in [0.29, 0.717) is 17.8 Å². The Hall–Kier alpha value is -2.48. The van der Waals surface area contributed by atoms with Gasteiger partial charge in [-0.05, 0) is 32.9 Å². The monoisotopic (exact) mass is 306 g/mol. The van der Waals surface area contributed by atoms with E-state index in [-0.39, 0.29) is 24.8 Å². The van der Waals surface area contributed by atoms with Crippen molar-refractivity contribution in [3.8, 4) is 11.6 Å². The summed E-state index contributed by atoms with van der Waals surface area (Å²) in [4.78, 5) is 15.1. The predicted molar refractivity (Wildman–Crippen MR) is 79.4 cm³/mol. The van der Waals surface area contributed by atoms with Crippen LogP contribution in [0.15, 0.2) is 12.1 Å². The highest BCUT2D eigenvalue weighted by molar-refractivity contribution is 5.50. The van der Waals surface area contributed by atoms with Crippen LogP contribution < -0.4 is 4.74 Å². The van der Waals surface area contributed by atoms with Gasteiger partial charge in [-0.3, -0.25) is 15.1 Å².